The molecule has 2 aliphatic rings. The van der Waals surface area contributed by atoms with E-state index in [-0.39, 0.29) is 11.9 Å². The van der Waals surface area contributed by atoms with Crippen molar-refractivity contribution in [3.05, 3.63) is 0 Å². The molecule has 6 nitrogen and oxygen atoms in total. The van der Waals surface area contributed by atoms with E-state index in [9.17, 15) is 14.7 Å². The van der Waals surface area contributed by atoms with Crippen LogP contribution in [0.15, 0.2) is 0 Å². The molecule has 1 spiro atoms. The fourth-order valence-electron chi connectivity index (χ4n) is 3.82. The average molecular weight is 307 g/mol. The Morgan fingerprint density at radius 1 is 1.55 bits per heavy atom. The molecule has 4 atom stereocenters. The number of aliphatic hydroxyl groups is 1. The van der Waals surface area contributed by atoms with Crippen LogP contribution in [0.4, 0.5) is 0 Å². The summed E-state index contributed by atoms with van der Waals surface area (Å²) < 4.78 is 0. The minimum atomic E-state index is -0.902. The molecule has 0 aliphatic carbocycles. The Hall–Kier alpha value is -1.58. The lowest BCUT2D eigenvalue weighted by atomic mass is 9.75. The highest BCUT2D eigenvalue weighted by Crippen LogP contribution is 2.45. The number of carbonyl (C=O) groups excluding carboxylic acids is 2. The number of nitrogens with zero attached hydrogens (tertiary/aromatic N) is 2. The predicted octanol–water partition coefficient (Wildman–Crippen LogP) is -0.444. The first-order valence-corrected chi connectivity index (χ1v) is 7.74. The highest BCUT2D eigenvalue weighted by Gasteiger charge is 2.62. The number of primary amides is 1. The Labute approximate surface area is 131 Å². The van der Waals surface area contributed by atoms with Crippen molar-refractivity contribution in [1.29, 1.82) is 0 Å². The smallest absolute Gasteiger partial charge is 0.237 e. The summed E-state index contributed by atoms with van der Waals surface area (Å²) in [5, 5.41) is 9.83. The second-order valence-corrected chi connectivity index (χ2v) is 6.83. The molecule has 2 unspecified atom stereocenters. The van der Waals surface area contributed by atoms with Crippen LogP contribution in [-0.4, -0.2) is 63.5 Å². The Balaban J connectivity index is 2.26. The number of carbonyl (C=O) groups is 2. The van der Waals surface area contributed by atoms with E-state index < -0.39 is 23.6 Å². The minimum Gasteiger partial charge on any atom is -0.391 e. The van der Waals surface area contributed by atoms with Gasteiger partial charge in [-0.2, -0.15) is 0 Å². The maximum absolute atomic E-state index is 12.2. The van der Waals surface area contributed by atoms with E-state index in [2.05, 4.69) is 19.8 Å². The number of hydrogen-bond acceptors (Lipinski definition) is 4. The summed E-state index contributed by atoms with van der Waals surface area (Å²) in [6.45, 7) is 6.78. The highest BCUT2D eigenvalue weighted by molar-refractivity contribution is 5.82. The first-order chi connectivity index (χ1) is 10.2. The largest absolute Gasteiger partial charge is 0.391 e. The third-order valence-corrected chi connectivity index (χ3v) is 4.72. The van der Waals surface area contributed by atoms with Gasteiger partial charge in [-0.3, -0.25) is 14.5 Å². The molecule has 22 heavy (non-hydrogen) atoms. The van der Waals surface area contributed by atoms with Gasteiger partial charge in [-0.15, -0.1) is 6.42 Å². The summed E-state index contributed by atoms with van der Waals surface area (Å²) in [5.41, 5.74) is 4.99. The van der Waals surface area contributed by atoms with Crippen molar-refractivity contribution < 1.29 is 14.7 Å². The first-order valence-electron chi connectivity index (χ1n) is 7.74. The Kier molecular flexibility index (Phi) is 4.50. The van der Waals surface area contributed by atoms with Gasteiger partial charge in [0.25, 0.3) is 0 Å². The van der Waals surface area contributed by atoms with E-state index in [4.69, 9.17) is 12.2 Å². The normalized spacial score (nSPS) is 31.2. The molecule has 0 saturated carbocycles. The second-order valence-electron chi connectivity index (χ2n) is 6.83. The molecule has 3 N–H and O–H groups in total. The van der Waals surface area contributed by atoms with E-state index in [1.165, 1.54) is 6.92 Å². The topological polar surface area (TPSA) is 86.9 Å². The minimum absolute atomic E-state index is 0.112. The molecule has 0 aromatic heterocycles. The van der Waals surface area contributed by atoms with Crippen LogP contribution in [0.1, 0.15) is 33.6 Å². The van der Waals surface area contributed by atoms with Crippen molar-refractivity contribution in [2.45, 2.75) is 57.3 Å². The zero-order valence-corrected chi connectivity index (χ0v) is 13.5. The summed E-state index contributed by atoms with van der Waals surface area (Å²) in [5.74, 6) is 2.57. The number of likely N-dealkylation sites (tertiary alicyclic amines) is 2. The molecular weight excluding hydrogens is 282 g/mol. The molecule has 2 fully saturated rings. The molecule has 2 rings (SSSR count). The second kappa shape index (κ2) is 5.90. The van der Waals surface area contributed by atoms with E-state index in [1.54, 1.807) is 4.90 Å². The van der Waals surface area contributed by atoms with E-state index in [0.29, 0.717) is 31.8 Å². The first kappa shape index (κ1) is 16.8. The van der Waals surface area contributed by atoms with Gasteiger partial charge in [-0.1, -0.05) is 19.8 Å². The van der Waals surface area contributed by atoms with Crippen molar-refractivity contribution in [3.8, 4) is 12.3 Å². The maximum Gasteiger partial charge on any atom is 0.237 e. The predicted molar refractivity (Wildman–Crippen MR) is 82.5 cm³/mol. The standard InChI is InChI=1S/C16H25N3O3/c1-5-12-16(7-6-13(21)19(16)8-10(2)3)9-18(12)14(11(4)20)15(17)22/h1,10-12,14,20H,6-9H2,2-4H3,(H2,17,22)/t11-,12?,14+,16?/m1/s1. The Bertz CT molecular complexity index is 511. The maximum atomic E-state index is 12.2. The number of hydrogen-bond donors (Lipinski definition) is 2. The SMILES string of the molecule is C#CC1N([C@H](C(N)=O)[C@@H](C)O)CC12CCC(=O)N2CC(C)C. The van der Waals surface area contributed by atoms with Gasteiger partial charge in [-0.05, 0) is 19.3 Å². The molecule has 0 aromatic rings. The molecule has 0 bridgehead atoms. The summed E-state index contributed by atoms with van der Waals surface area (Å²) >= 11 is 0. The van der Waals surface area contributed by atoms with Crippen LogP contribution in [0.25, 0.3) is 0 Å². The lowest BCUT2D eigenvalue weighted by Gasteiger charge is -2.59. The van der Waals surface area contributed by atoms with Gasteiger partial charge in [0.2, 0.25) is 11.8 Å². The molecule has 0 aromatic carbocycles. The molecule has 2 amide bonds. The van der Waals surface area contributed by atoms with Crippen LogP contribution < -0.4 is 5.73 Å². The monoisotopic (exact) mass is 307 g/mol. The summed E-state index contributed by atoms with van der Waals surface area (Å²) in [6, 6.07) is -1.20. The molecule has 6 heteroatoms. The number of aliphatic hydroxyl groups excluding tert-OH is 1. The van der Waals surface area contributed by atoms with Crippen LogP contribution in [0.5, 0.6) is 0 Å². The third kappa shape index (κ3) is 2.49. The molecule has 2 heterocycles. The van der Waals surface area contributed by atoms with Gasteiger partial charge in [0.1, 0.15) is 6.04 Å². The molecule has 122 valence electrons. The van der Waals surface area contributed by atoms with Crippen molar-refractivity contribution in [2.24, 2.45) is 11.7 Å². The van der Waals surface area contributed by atoms with Crippen molar-refractivity contribution in [3.63, 3.8) is 0 Å². The van der Waals surface area contributed by atoms with Gasteiger partial charge >= 0.3 is 0 Å². The van der Waals surface area contributed by atoms with Gasteiger partial charge < -0.3 is 15.7 Å². The Morgan fingerprint density at radius 3 is 2.64 bits per heavy atom. The highest BCUT2D eigenvalue weighted by atomic mass is 16.3. The molecular formula is C16H25N3O3. The summed E-state index contributed by atoms with van der Waals surface area (Å²) in [4.78, 5) is 27.5. The molecule has 2 aliphatic heterocycles. The van der Waals surface area contributed by atoms with Crippen molar-refractivity contribution >= 4 is 11.8 Å². The summed E-state index contributed by atoms with van der Waals surface area (Å²) in [7, 11) is 0. The van der Waals surface area contributed by atoms with Crippen molar-refractivity contribution in [1.82, 2.24) is 9.80 Å². The third-order valence-electron chi connectivity index (χ3n) is 4.72. The lowest BCUT2D eigenvalue weighted by molar-refractivity contribution is -0.154. The average Bonchev–Trinajstić information content (AvgIpc) is 2.68. The van der Waals surface area contributed by atoms with E-state index in [0.717, 1.165) is 0 Å². The lowest BCUT2D eigenvalue weighted by Crippen LogP contribution is -2.78. The van der Waals surface area contributed by atoms with Crippen LogP contribution in [0.2, 0.25) is 0 Å². The van der Waals surface area contributed by atoms with Crippen LogP contribution in [-0.2, 0) is 9.59 Å². The molecule has 2 saturated heterocycles. The quantitative estimate of drug-likeness (QED) is 0.674. The van der Waals surface area contributed by atoms with Gasteiger partial charge in [-0.25, -0.2) is 0 Å². The fourth-order valence-corrected chi connectivity index (χ4v) is 3.82. The fraction of sp³-hybridized carbons (Fsp3) is 0.750. The number of amides is 2. The van der Waals surface area contributed by atoms with Crippen LogP contribution in [0, 0.1) is 18.3 Å². The van der Waals surface area contributed by atoms with Crippen molar-refractivity contribution in [2.75, 3.05) is 13.1 Å². The zero-order chi connectivity index (χ0) is 16.7. The Morgan fingerprint density at radius 2 is 2.18 bits per heavy atom. The van der Waals surface area contributed by atoms with Gasteiger partial charge in [0.05, 0.1) is 17.7 Å². The van der Waals surface area contributed by atoms with E-state index >= 15 is 0 Å². The van der Waals surface area contributed by atoms with Crippen LogP contribution in [0.3, 0.4) is 0 Å². The molecule has 0 radical (unpaired) electrons. The summed E-state index contributed by atoms with van der Waals surface area (Å²) in [6.07, 6.45) is 5.96. The van der Waals surface area contributed by atoms with Gasteiger partial charge in [0, 0.05) is 19.5 Å². The number of nitrogens with two attached hydrogens (primary N) is 1. The number of rotatable bonds is 5. The van der Waals surface area contributed by atoms with Gasteiger partial charge in [0.15, 0.2) is 0 Å². The zero-order valence-electron chi connectivity index (χ0n) is 13.5. The van der Waals surface area contributed by atoms with Crippen LogP contribution >= 0.6 is 0 Å². The van der Waals surface area contributed by atoms with E-state index in [1.807, 2.05) is 4.90 Å². The number of terminal acetylenes is 1.